The molecule has 2 aromatic rings. The molecule has 4 rings (SSSR count). The second kappa shape index (κ2) is 8.18. The number of hydrogen-bond donors (Lipinski definition) is 0. The largest absolute Gasteiger partial charge is 0.435 e. The number of rotatable bonds is 4. The monoisotopic (exact) mass is 443 g/mol. The Kier molecular flexibility index (Phi) is 5.75. The second-order valence-electron chi connectivity index (χ2n) is 7.74. The van der Waals surface area contributed by atoms with E-state index in [4.69, 9.17) is 0 Å². The van der Waals surface area contributed by atoms with Crippen molar-refractivity contribution in [1.29, 1.82) is 0 Å². The third-order valence-electron chi connectivity index (χ3n) is 5.67. The molecule has 0 radical (unpaired) electrons. The highest BCUT2D eigenvalue weighted by molar-refractivity contribution is 7.89. The summed E-state index contributed by atoms with van der Waals surface area (Å²) in [6, 6.07) is 4.01. The minimum Gasteiger partial charge on any atom is -0.354 e. The Morgan fingerprint density at radius 2 is 1.77 bits per heavy atom. The van der Waals surface area contributed by atoms with E-state index < -0.39 is 21.9 Å². The van der Waals surface area contributed by atoms with Crippen LogP contribution in [-0.4, -0.2) is 53.7 Å². The van der Waals surface area contributed by atoms with Crippen LogP contribution in [0, 0.1) is 0 Å². The molecule has 0 saturated carbocycles. The number of anilines is 1. The lowest BCUT2D eigenvalue weighted by molar-refractivity contribution is -0.141. The number of alkyl halides is 3. The Morgan fingerprint density at radius 3 is 2.40 bits per heavy atom. The van der Waals surface area contributed by atoms with Crippen molar-refractivity contribution < 1.29 is 21.6 Å². The molecule has 2 aromatic heterocycles. The van der Waals surface area contributed by atoms with E-state index in [1.165, 1.54) is 21.4 Å². The molecule has 2 saturated heterocycles. The highest BCUT2D eigenvalue weighted by Crippen LogP contribution is 2.30. The smallest absolute Gasteiger partial charge is 0.354 e. The summed E-state index contributed by atoms with van der Waals surface area (Å²) in [6.45, 7) is 2.22. The average molecular weight is 443 g/mol. The van der Waals surface area contributed by atoms with Crippen molar-refractivity contribution >= 4 is 15.8 Å². The molecule has 0 bridgehead atoms. The third kappa shape index (κ3) is 4.31. The van der Waals surface area contributed by atoms with Gasteiger partial charge in [-0.25, -0.2) is 13.4 Å². The van der Waals surface area contributed by atoms with Gasteiger partial charge in [-0.1, -0.05) is 6.42 Å². The highest BCUT2D eigenvalue weighted by Gasteiger charge is 2.34. The Morgan fingerprint density at radius 1 is 1.00 bits per heavy atom. The molecule has 2 fully saturated rings. The molecule has 30 heavy (non-hydrogen) atoms. The van der Waals surface area contributed by atoms with E-state index >= 15 is 0 Å². The van der Waals surface area contributed by atoms with Crippen LogP contribution in [-0.2, 0) is 16.2 Å². The molecular formula is C19H24F3N5O2S. The van der Waals surface area contributed by atoms with Gasteiger partial charge in [-0.15, -0.1) is 0 Å². The predicted octanol–water partition coefficient (Wildman–Crippen LogP) is 3.31. The van der Waals surface area contributed by atoms with Gasteiger partial charge in [0.25, 0.3) is 0 Å². The summed E-state index contributed by atoms with van der Waals surface area (Å²) < 4.78 is 66.9. The van der Waals surface area contributed by atoms with Gasteiger partial charge in [0.05, 0.1) is 6.04 Å². The molecule has 11 heteroatoms. The van der Waals surface area contributed by atoms with Crippen molar-refractivity contribution in [2.45, 2.75) is 49.2 Å². The summed E-state index contributed by atoms with van der Waals surface area (Å²) in [5.74, 6) is 0.612. The van der Waals surface area contributed by atoms with Gasteiger partial charge in [-0.05, 0) is 43.9 Å². The normalized spacial score (nSPS) is 21.7. The molecular weight excluding hydrogens is 419 g/mol. The maximum absolute atomic E-state index is 12.8. The van der Waals surface area contributed by atoms with Gasteiger partial charge in [0.1, 0.15) is 10.7 Å². The number of aromatic nitrogens is 3. The maximum atomic E-state index is 12.8. The Hall–Kier alpha value is -2.14. The third-order valence-corrected chi connectivity index (χ3v) is 7.55. The van der Waals surface area contributed by atoms with Gasteiger partial charge in [-0.2, -0.15) is 22.6 Å². The first-order valence-corrected chi connectivity index (χ1v) is 11.5. The lowest BCUT2D eigenvalue weighted by atomic mass is 10.1. The van der Waals surface area contributed by atoms with Crippen LogP contribution in [0.3, 0.4) is 0 Å². The quantitative estimate of drug-likeness (QED) is 0.725. The molecule has 164 valence electrons. The van der Waals surface area contributed by atoms with Crippen LogP contribution < -0.4 is 4.90 Å². The molecule has 0 spiro atoms. The van der Waals surface area contributed by atoms with E-state index in [9.17, 15) is 21.6 Å². The molecule has 2 aliphatic heterocycles. The minimum absolute atomic E-state index is 0.170. The number of sulfonamides is 1. The fourth-order valence-electron chi connectivity index (χ4n) is 4.04. The van der Waals surface area contributed by atoms with Crippen LogP contribution in [0.1, 0.15) is 43.8 Å². The van der Waals surface area contributed by atoms with Gasteiger partial charge >= 0.3 is 6.18 Å². The number of pyridine rings is 1. The van der Waals surface area contributed by atoms with Crippen LogP contribution in [0.5, 0.6) is 0 Å². The fraction of sp³-hybridized carbons (Fsp3) is 0.579. The lowest BCUT2D eigenvalue weighted by Gasteiger charge is -2.33. The summed E-state index contributed by atoms with van der Waals surface area (Å²) in [6.07, 6.45) is 2.54. The molecule has 0 aliphatic carbocycles. The van der Waals surface area contributed by atoms with Gasteiger partial charge in [0, 0.05) is 38.6 Å². The predicted molar refractivity (Wildman–Crippen MR) is 105 cm³/mol. The minimum atomic E-state index is -4.46. The molecule has 2 aliphatic rings. The zero-order valence-electron chi connectivity index (χ0n) is 16.4. The molecule has 0 amide bonds. The standard InChI is InChI=1S/C19H24F3N5O2S/c20-19(21,22)17-8-12-27(24-17)15-5-4-9-25(14-15)18-7-6-16(13-23-18)30(28,29)26-10-2-1-3-11-26/h6-8,12-13,15H,1-5,9-11,14H2. The maximum Gasteiger partial charge on any atom is 0.435 e. The Bertz CT molecular complexity index is 969. The second-order valence-corrected chi connectivity index (χ2v) is 9.68. The summed E-state index contributed by atoms with van der Waals surface area (Å²) >= 11 is 0. The average Bonchev–Trinajstić information content (AvgIpc) is 3.26. The van der Waals surface area contributed by atoms with Crippen LogP contribution in [0.25, 0.3) is 0 Å². The topological polar surface area (TPSA) is 71.3 Å². The number of halogens is 3. The summed E-state index contributed by atoms with van der Waals surface area (Å²) in [5, 5.41) is 3.69. The van der Waals surface area contributed by atoms with Crippen molar-refractivity contribution in [3.63, 3.8) is 0 Å². The number of piperidine rings is 2. The van der Waals surface area contributed by atoms with Crippen LogP contribution >= 0.6 is 0 Å². The summed E-state index contributed by atoms with van der Waals surface area (Å²) in [5.41, 5.74) is -0.898. The molecule has 1 unspecified atom stereocenters. The van der Waals surface area contributed by atoms with Crippen LogP contribution in [0.2, 0.25) is 0 Å². The van der Waals surface area contributed by atoms with Crippen molar-refractivity contribution in [3.8, 4) is 0 Å². The molecule has 1 atom stereocenters. The zero-order chi connectivity index (χ0) is 21.4. The first-order valence-electron chi connectivity index (χ1n) is 10.1. The number of nitrogens with zero attached hydrogens (tertiary/aromatic N) is 5. The van der Waals surface area contributed by atoms with E-state index in [0.717, 1.165) is 38.2 Å². The summed E-state index contributed by atoms with van der Waals surface area (Å²) in [7, 11) is -3.54. The fourth-order valence-corrected chi connectivity index (χ4v) is 5.50. The molecule has 7 nitrogen and oxygen atoms in total. The molecule has 0 aromatic carbocycles. The van der Waals surface area contributed by atoms with E-state index in [0.29, 0.717) is 32.0 Å². The Balaban J connectivity index is 1.47. The molecule has 0 N–H and O–H groups in total. The van der Waals surface area contributed by atoms with Gasteiger partial charge in [-0.3, -0.25) is 4.68 Å². The van der Waals surface area contributed by atoms with E-state index in [2.05, 4.69) is 10.1 Å². The van der Waals surface area contributed by atoms with Crippen molar-refractivity contribution in [2.75, 3.05) is 31.1 Å². The van der Waals surface area contributed by atoms with Crippen LogP contribution in [0.15, 0.2) is 35.5 Å². The molecule has 4 heterocycles. The van der Waals surface area contributed by atoms with E-state index in [-0.39, 0.29) is 10.9 Å². The lowest BCUT2D eigenvalue weighted by Crippen LogP contribution is -2.37. The first-order chi connectivity index (χ1) is 14.2. The van der Waals surface area contributed by atoms with Crippen LogP contribution in [0.4, 0.5) is 19.0 Å². The van der Waals surface area contributed by atoms with Gasteiger partial charge in [0.2, 0.25) is 10.0 Å². The van der Waals surface area contributed by atoms with Crippen molar-refractivity contribution in [2.24, 2.45) is 0 Å². The van der Waals surface area contributed by atoms with Crippen molar-refractivity contribution in [3.05, 3.63) is 36.3 Å². The zero-order valence-corrected chi connectivity index (χ0v) is 17.2. The van der Waals surface area contributed by atoms with Crippen molar-refractivity contribution in [1.82, 2.24) is 19.1 Å². The SMILES string of the molecule is O=S(=O)(c1ccc(N2CCCC(n3ccc(C(F)(F)F)n3)C2)nc1)N1CCCCC1. The summed E-state index contributed by atoms with van der Waals surface area (Å²) in [4.78, 5) is 6.48. The number of hydrogen-bond acceptors (Lipinski definition) is 5. The van der Waals surface area contributed by atoms with Gasteiger partial charge in [0.15, 0.2) is 5.69 Å². The van der Waals surface area contributed by atoms with E-state index in [1.54, 1.807) is 12.1 Å². The van der Waals surface area contributed by atoms with Gasteiger partial charge < -0.3 is 4.90 Å². The van der Waals surface area contributed by atoms with E-state index in [1.807, 2.05) is 4.90 Å². The first kappa shape index (κ1) is 21.1. The Labute approximate surface area is 173 Å². The highest BCUT2D eigenvalue weighted by atomic mass is 32.2.